The van der Waals surface area contributed by atoms with Gasteiger partial charge in [0.05, 0.1) is 5.69 Å². The van der Waals surface area contributed by atoms with Gasteiger partial charge in [0.1, 0.15) is 5.69 Å². The molecule has 0 spiro atoms. The fourth-order valence-corrected chi connectivity index (χ4v) is 1.29. The number of carbonyl (C=O) groups excluding carboxylic acids is 1. The highest BCUT2D eigenvalue weighted by molar-refractivity contribution is 5.92. The van der Waals surface area contributed by atoms with Crippen LogP contribution in [0.25, 0.3) is 0 Å². The van der Waals surface area contributed by atoms with Crippen molar-refractivity contribution in [2.45, 2.75) is 6.92 Å². The molecule has 1 heterocycles. The Morgan fingerprint density at radius 3 is 2.71 bits per heavy atom. The van der Waals surface area contributed by atoms with Crippen LogP contribution in [0.3, 0.4) is 0 Å². The molecule has 0 saturated heterocycles. The average molecular weight is 228 g/mol. The summed E-state index contributed by atoms with van der Waals surface area (Å²) in [6.45, 7) is 1.47. The summed E-state index contributed by atoms with van der Waals surface area (Å²) in [6, 6.07) is 12.8. The van der Waals surface area contributed by atoms with Crippen molar-refractivity contribution in [2.24, 2.45) is 0 Å². The third-order valence-corrected chi connectivity index (χ3v) is 2.15. The van der Waals surface area contributed by atoms with Gasteiger partial charge in [-0.1, -0.05) is 18.2 Å². The van der Waals surface area contributed by atoms with Gasteiger partial charge in [-0.15, -0.1) is 0 Å². The number of aromatic nitrogens is 1. The summed E-state index contributed by atoms with van der Waals surface area (Å²) in [6.07, 6.45) is 1.54. The van der Waals surface area contributed by atoms with Crippen LogP contribution in [0.15, 0.2) is 48.7 Å². The summed E-state index contributed by atoms with van der Waals surface area (Å²) in [5.41, 5.74) is 4.02. The Labute approximate surface area is 99.2 Å². The maximum atomic E-state index is 11.1. The normalized spacial score (nSPS) is 9.71. The molecule has 0 atom stereocenters. The summed E-state index contributed by atoms with van der Waals surface area (Å²) in [5.74, 6) is 0.462. The van der Waals surface area contributed by atoms with E-state index in [1.165, 1.54) is 6.92 Å². The maximum Gasteiger partial charge on any atom is 0.178 e. The van der Waals surface area contributed by atoms with Crippen molar-refractivity contribution in [3.63, 3.8) is 0 Å². The molecule has 2 rings (SSSR count). The summed E-state index contributed by atoms with van der Waals surface area (Å²) < 4.78 is 0. The number of anilines is 1. The summed E-state index contributed by atoms with van der Waals surface area (Å²) in [4.78, 5) is 20.4. The first kappa shape index (κ1) is 11.1. The van der Waals surface area contributed by atoms with Crippen molar-refractivity contribution < 1.29 is 9.63 Å². The number of ketones is 1. The van der Waals surface area contributed by atoms with Gasteiger partial charge in [0.2, 0.25) is 0 Å². The first-order valence-electron chi connectivity index (χ1n) is 5.20. The van der Waals surface area contributed by atoms with Crippen LogP contribution >= 0.6 is 0 Å². The van der Waals surface area contributed by atoms with Crippen LogP contribution in [0.5, 0.6) is 5.75 Å². The van der Waals surface area contributed by atoms with Crippen LogP contribution in [0.1, 0.15) is 17.4 Å². The van der Waals surface area contributed by atoms with Crippen molar-refractivity contribution in [3.8, 4) is 5.75 Å². The second kappa shape index (κ2) is 5.12. The van der Waals surface area contributed by atoms with Crippen molar-refractivity contribution in [1.29, 1.82) is 0 Å². The quantitative estimate of drug-likeness (QED) is 0.645. The molecule has 0 amide bonds. The summed E-state index contributed by atoms with van der Waals surface area (Å²) >= 11 is 0. The Balaban J connectivity index is 2.04. The topological polar surface area (TPSA) is 51.2 Å². The van der Waals surface area contributed by atoms with E-state index in [-0.39, 0.29) is 5.78 Å². The number of nitrogens with one attached hydrogen (secondary N) is 1. The van der Waals surface area contributed by atoms with Crippen LogP contribution in [-0.4, -0.2) is 10.8 Å². The van der Waals surface area contributed by atoms with Gasteiger partial charge >= 0.3 is 0 Å². The molecular formula is C13H12N2O2. The van der Waals surface area contributed by atoms with E-state index in [1.807, 2.05) is 30.3 Å². The minimum absolute atomic E-state index is 0.0878. The lowest BCUT2D eigenvalue weighted by atomic mass is 10.3. The molecule has 2 aromatic rings. The molecule has 0 saturated carbocycles. The van der Waals surface area contributed by atoms with Gasteiger partial charge in [0, 0.05) is 25.3 Å². The molecule has 1 N–H and O–H groups in total. The number of rotatable bonds is 4. The first-order valence-corrected chi connectivity index (χ1v) is 5.20. The van der Waals surface area contributed by atoms with Gasteiger partial charge in [-0.25, -0.2) is 5.48 Å². The average Bonchev–Trinajstić information content (AvgIpc) is 2.38. The molecule has 0 aliphatic heterocycles. The summed E-state index contributed by atoms with van der Waals surface area (Å²) in [5, 5.41) is 0. The Hall–Kier alpha value is -2.36. The van der Waals surface area contributed by atoms with E-state index >= 15 is 0 Å². The van der Waals surface area contributed by atoms with Gasteiger partial charge < -0.3 is 4.84 Å². The van der Waals surface area contributed by atoms with Gasteiger partial charge in [-0.3, -0.25) is 9.78 Å². The standard InChI is InChI=1S/C13H12N2O2/c1-10(16)13-9-12(7-8-14-13)17-15-11-5-3-2-4-6-11/h2-9,15H,1H3. The largest absolute Gasteiger partial charge is 0.382 e. The first-order chi connectivity index (χ1) is 8.25. The number of pyridine rings is 1. The highest BCUT2D eigenvalue weighted by Gasteiger charge is 2.02. The number of nitrogens with zero attached hydrogens (tertiary/aromatic N) is 1. The van der Waals surface area contributed by atoms with Crippen molar-refractivity contribution >= 4 is 11.5 Å². The Morgan fingerprint density at radius 2 is 2.00 bits per heavy atom. The molecule has 4 nitrogen and oxygen atoms in total. The molecular weight excluding hydrogens is 216 g/mol. The number of para-hydroxylation sites is 1. The van der Waals surface area contributed by atoms with E-state index in [1.54, 1.807) is 18.3 Å². The smallest absolute Gasteiger partial charge is 0.178 e. The predicted octanol–water partition coefficient (Wildman–Crippen LogP) is 2.69. The molecule has 1 aromatic heterocycles. The fourth-order valence-electron chi connectivity index (χ4n) is 1.29. The second-order valence-electron chi connectivity index (χ2n) is 3.50. The van der Waals surface area contributed by atoms with E-state index < -0.39 is 0 Å². The van der Waals surface area contributed by atoms with E-state index in [0.29, 0.717) is 11.4 Å². The van der Waals surface area contributed by atoms with Crippen molar-refractivity contribution in [2.75, 3.05) is 5.48 Å². The molecule has 17 heavy (non-hydrogen) atoms. The van der Waals surface area contributed by atoms with Crippen LogP contribution < -0.4 is 10.3 Å². The van der Waals surface area contributed by atoms with E-state index in [2.05, 4.69) is 10.5 Å². The molecule has 0 aliphatic carbocycles. The zero-order valence-corrected chi connectivity index (χ0v) is 9.38. The maximum absolute atomic E-state index is 11.1. The Bertz CT molecular complexity index is 512. The van der Waals surface area contributed by atoms with Crippen molar-refractivity contribution in [1.82, 2.24) is 4.98 Å². The minimum Gasteiger partial charge on any atom is -0.382 e. The monoisotopic (exact) mass is 228 g/mol. The molecule has 0 unspecified atom stereocenters. The number of hydrogen-bond acceptors (Lipinski definition) is 4. The summed E-state index contributed by atoms with van der Waals surface area (Å²) in [7, 11) is 0. The lowest BCUT2D eigenvalue weighted by Crippen LogP contribution is -2.05. The SMILES string of the molecule is CC(=O)c1cc(ONc2ccccc2)ccn1. The lowest BCUT2D eigenvalue weighted by molar-refractivity contribution is 0.101. The van der Waals surface area contributed by atoms with Crippen LogP contribution in [-0.2, 0) is 0 Å². The van der Waals surface area contributed by atoms with Gasteiger partial charge in [-0.2, -0.15) is 0 Å². The van der Waals surface area contributed by atoms with Gasteiger partial charge in [0.15, 0.2) is 11.5 Å². The van der Waals surface area contributed by atoms with E-state index in [9.17, 15) is 4.79 Å². The van der Waals surface area contributed by atoms with Gasteiger partial charge in [-0.05, 0) is 12.1 Å². The van der Waals surface area contributed by atoms with Gasteiger partial charge in [0.25, 0.3) is 0 Å². The Kier molecular flexibility index (Phi) is 3.35. The Morgan fingerprint density at radius 1 is 1.24 bits per heavy atom. The number of Topliss-reactive ketones (excluding diaryl/α,β-unsaturated/α-hetero) is 1. The molecule has 1 aromatic carbocycles. The minimum atomic E-state index is -0.0878. The van der Waals surface area contributed by atoms with Crippen LogP contribution in [0.2, 0.25) is 0 Å². The third kappa shape index (κ3) is 3.04. The number of hydrogen-bond donors (Lipinski definition) is 1. The molecule has 0 fully saturated rings. The van der Waals surface area contributed by atoms with Crippen LogP contribution in [0, 0.1) is 0 Å². The molecule has 86 valence electrons. The number of benzene rings is 1. The lowest BCUT2D eigenvalue weighted by Gasteiger charge is -2.08. The molecule has 0 bridgehead atoms. The molecule has 0 radical (unpaired) electrons. The van der Waals surface area contributed by atoms with Crippen LogP contribution in [0.4, 0.5) is 5.69 Å². The second-order valence-corrected chi connectivity index (χ2v) is 3.50. The highest BCUT2D eigenvalue weighted by atomic mass is 16.6. The van der Waals surface area contributed by atoms with E-state index in [4.69, 9.17) is 4.84 Å². The predicted molar refractivity (Wildman–Crippen MR) is 64.9 cm³/mol. The zero-order chi connectivity index (χ0) is 12.1. The molecule has 0 aliphatic rings. The highest BCUT2D eigenvalue weighted by Crippen LogP contribution is 2.13. The zero-order valence-electron chi connectivity index (χ0n) is 9.38. The fraction of sp³-hybridized carbons (Fsp3) is 0.0769. The number of carbonyl (C=O) groups is 1. The molecule has 4 heteroatoms. The van der Waals surface area contributed by atoms with E-state index in [0.717, 1.165) is 5.69 Å². The third-order valence-electron chi connectivity index (χ3n) is 2.15. The van der Waals surface area contributed by atoms with Crippen molar-refractivity contribution in [3.05, 3.63) is 54.4 Å².